The van der Waals surface area contributed by atoms with Crippen molar-refractivity contribution in [3.63, 3.8) is 0 Å². The Balaban J connectivity index is 1.57. The van der Waals surface area contributed by atoms with E-state index in [1.807, 2.05) is 32.0 Å². The SMILES string of the molecule is CCOc1cc(/C=C2/C(=O)NC(=O)N(c3ccc(O)cc3)C2=O)cc(Br)c1OCC(=O)Nc1ccc(C)cc1C. The van der Waals surface area contributed by atoms with Crippen molar-refractivity contribution in [1.29, 1.82) is 0 Å². The minimum atomic E-state index is -0.906. The van der Waals surface area contributed by atoms with E-state index in [0.29, 0.717) is 15.7 Å². The van der Waals surface area contributed by atoms with Crippen molar-refractivity contribution in [1.82, 2.24) is 5.32 Å². The molecule has 3 aromatic carbocycles. The Morgan fingerprint density at radius 3 is 2.45 bits per heavy atom. The second-order valence-corrected chi connectivity index (χ2v) is 9.75. The summed E-state index contributed by atoms with van der Waals surface area (Å²) < 4.78 is 11.9. The van der Waals surface area contributed by atoms with Crippen molar-refractivity contribution >= 4 is 57.1 Å². The number of aromatic hydroxyl groups is 1. The fourth-order valence-electron chi connectivity index (χ4n) is 4.01. The molecule has 206 valence electrons. The smallest absolute Gasteiger partial charge is 0.335 e. The zero-order valence-electron chi connectivity index (χ0n) is 21.9. The third-order valence-corrected chi connectivity index (χ3v) is 6.44. The second-order valence-electron chi connectivity index (χ2n) is 8.89. The summed E-state index contributed by atoms with van der Waals surface area (Å²) in [6.07, 6.45) is 1.32. The van der Waals surface area contributed by atoms with Crippen LogP contribution in [0.4, 0.5) is 16.2 Å². The third-order valence-electron chi connectivity index (χ3n) is 5.86. The summed E-state index contributed by atoms with van der Waals surface area (Å²) >= 11 is 3.42. The molecule has 11 heteroatoms. The predicted octanol–water partition coefficient (Wildman–Crippen LogP) is 4.85. The molecule has 0 atom stereocenters. The molecule has 1 fully saturated rings. The minimum absolute atomic E-state index is 0.0428. The van der Waals surface area contributed by atoms with Gasteiger partial charge in [0, 0.05) is 5.69 Å². The molecule has 0 aliphatic carbocycles. The number of aryl methyl sites for hydroxylation is 2. The number of imide groups is 2. The zero-order chi connectivity index (χ0) is 29.0. The van der Waals surface area contributed by atoms with Crippen LogP contribution in [0.15, 0.2) is 64.6 Å². The number of benzene rings is 3. The van der Waals surface area contributed by atoms with Gasteiger partial charge in [-0.05, 0) is 96.4 Å². The van der Waals surface area contributed by atoms with E-state index in [0.717, 1.165) is 16.0 Å². The van der Waals surface area contributed by atoms with Crippen LogP contribution < -0.4 is 25.0 Å². The number of nitrogens with one attached hydrogen (secondary N) is 2. The Bertz CT molecular complexity index is 1530. The highest BCUT2D eigenvalue weighted by Crippen LogP contribution is 2.38. The van der Waals surface area contributed by atoms with Crippen LogP contribution in [-0.2, 0) is 14.4 Å². The Hall–Kier alpha value is -4.64. The van der Waals surface area contributed by atoms with Gasteiger partial charge in [0.1, 0.15) is 11.3 Å². The molecular weight excluding hydrogens is 582 g/mol. The molecule has 0 saturated carbocycles. The van der Waals surface area contributed by atoms with Gasteiger partial charge in [-0.25, -0.2) is 9.69 Å². The lowest BCUT2D eigenvalue weighted by Crippen LogP contribution is -2.54. The molecular formula is C29H26BrN3O7. The maximum atomic E-state index is 13.2. The number of phenolic OH excluding ortho intramolecular Hbond substituents is 1. The van der Waals surface area contributed by atoms with E-state index in [9.17, 15) is 24.3 Å². The number of urea groups is 1. The molecule has 0 aromatic heterocycles. The van der Waals surface area contributed by atoms with E-state index in [4.69, 9.17) is 9.47 Å². The third kappa shape index (κ3) is 6.32. The van der Waals surface area contributed by atoms with Gasteiger partial charge in [0.15, 0.2) is 18.1 Å². The number of carbonyl (C=O) groups excluding carboxylic acids is 4. The summed E-state index contributed by atoms with van der Waals surface area (Å²) in [4.78, 5) is 51.5. The topological polar surface area (TPSA) is 134 Å². The second kappa shape index (κ2) is 12.0. The summed E-state index contributed by atoms with van der Waals surface area (Å²) in [7, 11) is 0. The molecule has 1 saturated heterocycles. The summed E-state index contributed by atoms with van der Waals surface area (Å²) in [6, 6.07) is 13.3. The van der Waals surface area contributed by atoms with E-state index in [-0.39, 0.29) is 47.6 Å². The maximum Gasteiger partial charge on any atom is 0.335 e. The molecule has 3 aromatic rings. The summed E-state index contributed by atoms with van der Waals surface area (Å²) in [6.45, 7) is 5.62. The molecule has 0 bridgehead atoms. The first kappa shape index (κ1) is 28.4. The average molecular weight is 608 g/mol. The number of barbiturate groups is 1. The fraction of sp³-hybridized carbons (Fsp3) is 0.172. The van der Waals surface area contributed by atoms with Gasteiger partial charge < -0.3 is 19.9 Å². The maximum absolute atomic E-state index is 13.2. The number of hydrogen-bond donors (Lipinski definition) is 3. The van der Waals surface area contributed by atoms with Gasteiger partial charge in [-0.2, -0.15) is 0 Å². The zero-order valence-corrected chi connectivity index (χ0v) is 23.5. The molecule has 4 rings (SSSR count). The van der Waals surface area contributed by atoms with Gasteiger partial charge in [-0.1, -0.05) is 17.7 Å². The van der Waals surface area contributed by atoms with Crippen molar-refractivity contribution in [2.75, 3.05) is 23.4 Å². The molecule has 0 radical (unpaired) electrons. The highest BCUT2D eigenvalue weighted by Gasteiger charge is 2.37. The van der Waals surface area contributed by atoms with Crippen molar-refractivity contribution in [3.05, 3.63) is 81.3 Å². The normalized spacial score (nSPS) is 14.2. The lowest BCUT2D eigenvalue weighted by atomic mass is 10.1. The van der Waals surface area contributed by atoms with Crippen LogP contribution in [0.5, 0.6) is 17.2 Å². The monoisotopic (exact) mass is 607 g/mol. The number of halogens is 1. The van der Waals surface area contributed by atoms with Crippen LogP contribution in [0.3, 0.4) is 0 Å². The quantitative estimate of drug-likeness (QED) is 0.246. The lowest BCUT2D eigenvalue weighted by Gasteiger charge is -2.26. The fourth-order valence-corrected chi connectivity index (χ4v) is 4.59. The van der Waals surface area contributed by atoms with E-state index >= 15 is 0 Å². The van der Waals surface area contributed by atoms with Crippen LogP contribution >= 0.6 is 15.9 Å². The molecule has 1 aliphatic heterocycles. The van der Waals surface area contributed by atoms with E-state index in [1.165, 1.54) is 30.3 Å². The first-order chi connectivity index (χ1) is 19.1. The summed E-state index contributed by atoms with van der Waals surface area (Å²) in [5, 5.41) is 14.5. The molecule has 10 nitrogen and oxygen atoms in total. The van der Waals surface area contributed by atoms with Gasteiger partial charge in [-0.3, -0.25) is 19.7 Å². The van der Waals surface area contributed by atoms with Crippen LogP contribution in [-0.4, -0.2) is 42.1 Å². The molecule has 0 unspecified atom stereocenters. The van der Waals surface area contributed by atoms with Crippen LogP contribution in [0, 0.1) is 13.8 Å². The number of phenols is 1. The molecule has 40 heavy (non-hydrogen) atoms. The van der Waals surface area contributed by atoms with Gasteiger partial charge in [-0.15, -0.1) is 0 Å². The molecule has 1 heterocycles. The van der Waals surface area contributed by atoms with Crippen LogP contribution in [0.25, 0.3) is 6.08 Å². The molecule has 5 amide bonds. The standard InChI is InChI=1S/C29H26BrN3O7/c1-4-39-24-14-18(12-21-27(36)32-29(38)33(28(21)37)19-6-8-20(34)9-7-19)13-22(30)26(24)40-15-25(35)31-23-10-5-16(2)11-17(23)3/h5-14,34H,4,15H2,1-3H3,(H,31,35)(H,32,36,38)/b21-12-. The number of carbonyl (C=O) groups is 4. The summed E-state index contributed by atoms with van der Waals surface area (Å²) in [5.74, 6) is -1.56. The van der Waals surface area contributed by atoms with E-state index < -0.39 is 17.8 Å². The number of anilines is 2. The first-order valence-electron chi connectivity index (χ1n) is 12.2. The largest absolute Gasteiger partial charge is 0.508 e. The summed E-state index contributed by atoms with van der Waals surface area (Å²) in [5.41, 5.74) is 2.98. The highest BCUT2D eigenvalue weighted by molar-refractivity contribution is 9.10. The van der Waals surface area contributed by atoms with Crippen molar-refractivity contribution in [3.8, 4) is 17.2 Å². The van der Waals surface area contributed by atoms with Gasteiger partial charge in [0.05, 0.1) is 16.8 Å². The van der Waals surface area contributed by atoms with Crippen LogP contribution in [0.1, 0.15) is 23.6 Å². The Kier molecular flexibility index (Phi) is 8.54. The Labute approximate surface area is 238 Å². The lowest BCUT2D eigenvalue weighted by molar-refractivity contribution is -0.122. The van der Waals surface area contributed by atoms with Crippen LogP contribution in [0.2, 0.25) is 0 Å². The molecule has 1 aliphatic rings. The Morgan fingerprint density at radius 2 is 1.77 bits per heavy atom. The number of ether oxygens (including phenoxy) is 2. The van der Waals surface area contributed by atoms with Crippen molar-refractivity contribution in [2.24, 2.45) is 0 Å². The first-order valence-corrected chi connectivity index (χ1v) is 13.0. The Morgan fingerprint density at radius 1 is 1.05 bits per heavy atom. The predicted molar refractivity (Wildman–Crippen MR) is 152 cm³/mol. The van der Waals surface area contributed by atoms with Gasteiger partial charge >= 0.3 is 6.03 Å². The average Bonchev–Trinajstić information content (AvgIpc) is 2.89. The van der Waals surface area contributed by atoms with E-state index in [2.05, 4.69) is 26.6 Å². The number of nitrogens with zero attached hydrogens (tertiary/aromatic N) is 1. The molecule has 0 spiro atoms. The number of amides is 5. The van der Waals surface area contributed by atoms with Crippen molar-refractivity contribution < 1.29 is 33.8 Å². The highest BCUT2D eigenvalue weighted by atomic mass is 79.9. The minimum Gasteiger partial charge on any atom is -0.508 e. The van der Waals surface area contributed by atoms with E-state index in [1.54, 1.807) is 19.1 Å². The molecule has 3 N–H and O–H groups in total. The van der Waals surface area contributed by atoms with Crippen molar-refractivity contribution in [2.45, 2.75) is 20.8 Å². The van der Waals surface area contributed by atoms with Gasteiger partial charge in [0.2, 0.25) is 0 Å². The van der Waals surface area contributed by atoms with Gasteiger partial charge in [0.25, 0.3) is 17.7 Å². The number of rotatable bonds is 8. The number of hydrogen-bond acceptors (Lipinski definition) is 7.